The van der Waals surface area contributed by atoms with E-state index in [1.54, 1.807) is 6.92 Å². The third-order valence-corrected chi connectivity index (χ3v) is 1.87. The van der Waals surface area contributed by atoms with Crippen molar-refractivity contribution >= 4 is 11.6 Å². The fourth-order valence-corrected chi connectivity index (χ4v) is 1.07. The Bertz CT molecular complexity index is 451. The number of carbonyl (C=O) groups is 1. The largest absolute Gasteiger partial charge is 0.471 e. The van der Waals surface area contributed by atoms with Gasteiger partial charge in [-0.1, -0.05) is 0 Å². The Morgan fingerprint density at radius 2 is 2.12 bits per heavy atom. The summed E-state index contributed by atoms with van der Waals surface area (Å²) < 4.78 is 37.0. The SMILES string of the molecule is CCn1cccc(NC(=O)C(F)(F)F)c1=O. The Kier molecular flexibility index (Phi) is 3.36. The highest BCUT2D eigenvalue weighted by molar-refractivity contribution is 5.94. The topological polar surface area (TPSA) is 51.1 Å². The van der Waals surface area contributed by atoms with Crippen LogP contribution in [0.1, 0.15) is 6.92 Å². The number of amides is 1. The lowest BCUT2D eigenvalue weighted by molar-refractivity contribution is -0.167. The summed E-state index contributed by atoms with van der Waals surface area (Å²) in [4.78, 5) is 22.0. The van der Waals surface area contributed by atoms with E-state index in [1.807, 2.05) is 0 Å². The number of alkyl halides is 3. The van der Waals surface area contributed by atoms with Gasteiger partial charge in [-0.05, 0) is 19.1 Å². The Labute approximate surface area is 88.7 Å². The van der Waals surface area contributed by atoms with Gasteiger partial charge in [0.15, 0.2) is 0 Å². The zero-order valence-electron chi connectivity index (χ0n) is 8.34. The van der Waals surface area contributed by atoms with E-state index in [0.29, 0.717) is 6.54 Å². The average Bonchev–Trinajstić information content (AvgIpc) is 2.19. The molecule has 1 aromatic rings. The normalized spacial score (nSPS) is 11.2. The summed E-state index contributed by atoms with van der Waals surface area (Å²) >= 11 is 0. The fourth-order valence-electron chi connectivity index (χ4n) is 1.07. The Balaban J connectivity index is 2.99. The number of hydrogen-bond acceptors (Lipinski definition) is 2. The molecule has 0 aromatic carbocycles. The molecule has 0 aliphatic heterocycles. The fraction of sp³-hybridized carbons (Fsp3) is 0.333. The van der Waals surface area contributed by atoms with Gasteiger partial charge >= 0.3 is 12.1 Å². The molecule has 0 radical (unpaired) electrons. The Hall–Kier alpha value is -1.79. The monoisotopic (exact) mass is 234 g/mol. The van der Waals surface area contributed by atoms with E-state index in [4.69, 9.17) is 0 Å². The first-order valence-electron chi connectivity index (χ1n) is 4.44. The number of nitrogens with zero attached hydrogens (tertiary/aromatic N) is 1. The number of halogens is 3. The summed E-state index contributed by atoms with van der Waals surface area (Å²) in [7, 11) is 0. The van der Waals surface area contributed by atoms with E-state index in [0.717, 1.165) is 6.07 Å². The molecule has 0 bridgehead atoms. The molecule has 1 rings (SSSR count). The lowest BCUT2D eigenvalue weighted by Crippen LogP contribution is -2.33. The van der Waals surface area contributed by atoms with Crippen LogP contribution in [-0.4, -0.2) is 16.7 Å². The average molecular weight is 234 g/mol. The molecule has 4 nitrogen and oxygen atoms in total. The highest BCUT2D eigenvalue weighted by Crippen LogP contribution is 2.16. The molecular formula is C9H9F3N2O2. The molecule has 0 atom stereocenters. The lowest BCUT2D eigenvalue weighted by atomic mass is 10.4. The molecule has 0 saturated carbocycles. The number of pyridine rings is 1. The van der Waals surface area contributed by atoms with Crippen molar-refractivity contribution in [2.75, 3.05) is 5.32 Å². The van der Waals surface area contributed by atoms with Crippen LogP contribution in [0.5, 0.6) is 0 Å². The van der Waals surface area contributed by atoms with E-state index < -0.39 is 17.6 Å². The van der Waals surface area contributed by atoms with Gasteiger partial charge in [-0.15, -0.1) is 0 Å². The second-order valence-corrected chi connectivity index (χ2v) is 2.96. The van der Waals surface area contributed by atoms with Crippen LogP contribution in [0, 0.1) is 0 Å². The highest BCUT2D eigenvalue weighted by Gasteiger charge is 2.39. The van der Waals surface area contributed by atoms with Crippen molar-refractivity contribution < 1.29 is 18.0 Å². The number of hydrogen-bond donors (Lipinski definition) is 1. The number of nitrogens with one attached hydrogen (secondary N) is 1. The molecule has 1 amide bonds. The van der Waals surface area contributed by atoms with Crippen LogP contribution in [0.2, 0.25) is 0 Å². The number of anilines is 1. The maximum Gasteiger partial charge on any atom is 0.471 e. The predicted octanol–water partition coefficient (Wildman–Crippen LogP) is 1.37. The van der Waals surface area contributed by atoms with Crippen LogP contribution in [0.3, 0.4) is 0 Å². The molecule has 1 heterocycles. The van der Waals surface area contributed by atoms with Gasteiger partial charge in [0.1, 0.15) is 5.69 Å². The second kappa shape index (κ2) is 4.38. The Morgan fingerprint density at radius 3 is 2.62 bits per heavy atom. The van der Waals surface area contributed by atoms with E-state index >= 15 is 0 Å². The summed E-state index contributed by atoms with van der Waals surface area (Å²) in [5.41, 5.74) is -1.05. The van der Waals surface area contributed by atoms with Crippen molar-refractivity contribution in [1.29, 1.82) is 0 Å². The summed E-state index contributed by atoms with van der Waals surface area (Å²) in [6.45, 7) is 1.98. The van der Waals surface area contributed by atoms with Gasteiger partial charge in [-0.3, -0.25) is 9.59 Å². The van der Waals surface area contributed by atoms with Gasteiger partial charge in [0, 0.05) is 12.7 Å². The molecule has 0 unspecified atom stereocenters. The van der Waals surface area contributed by atoms with Crippen LogP contribution in [-0.2, 0) is 11.3 Å². The molecular weight excluding hydrogens is 225 g/mol. The smallest absolute Gasteiger partial charge is 0.314 e. The molecule has 16 heavy (non-hydrogen) atoms. The van der Waals surface area contributed by atoms with Crippen LogP contribution < -0.4 is 10.9 Å². The minimum absolute atomic E-state index is 0.314. The number of aryl methyl sites for hydroxylation is 1. The first-order chi connectivity index (χ1) is 7.36. The lowest BCUT2D eigenvalue weighted by Gasteiger charge is -2.08. The minimum atomic E-state index is -5.00. The van der Waals surface area contributed by atoms with Crippen molar-refractivity contribution in [1.82, 2.24) is 4.57 Å². The number of rotatable bonds is 2. The van der Waals surface area contributed by atoms with Gasteiger partial charge in [0.2, 0.25) is 0 Å². The first kappa shape index (κ1) is 12.3. The van der Waals surface area contributed by atoms with E-state index in [9.17, 15) is 22.8 Å². The zero-order chi connectivity index (χ0) is 12.3. The minimum Gasteiger partial charge on any atom is -0.314 e. The molecule has 88 valence electrons. The number of carbonyl (C=O) groups excluding carboxylic acids is 1. The van der Waals surface area contributed by atoms with Crippen molar-refractivity contribution in [2.24, 2.45) is 0 Å². The third-order valence-electron chi connectivity index (χ3n) is 1.87. The molecule has 0 aliphatic carbocycles. The van der Waals surface area contributed by atoms with Crippen molar-refractivity contribution in [2.45, 2.75) is 19.6 Å². The molecule has 0 aliphatic rings. The molecule has 7 heteroatoms. The molecule has 0 fully saturated rings. The molecule has 0 saturated heterocycles. The summed E-state index contributed by atoms with van der Waals surface area (Å²) in [5.74, 6) is -2.15. The van der Waals surface area contributed by atoms with Crippen molar-refractivity contribution in [3.8, 4) is 0 Å². The van der Waals surface area contributed by atoms with Crippen LogP contribution in [0.4, 0.5) is 18.9 Å². The van der Waals surface area contributed by atoms with E-state index in [1.165, 1.54) is 22.1 Å². The standard InChI is InChI=1S/C9H9F3N2O2/c1-2-14-5-3-4-6(7(14)15)13-8(16)9(10,11)12/h3-5H,2H2,1H3,(H,13,16). The molecule has 1 aromatic heterocycles. The Morgan fingerprint density at radius 1 is 1.50 bits per heavy atom. The molecule has 1 N–H and O–H groups in total. The number of aromatic nitrogens is 1. The zero-order valence-corrected chi connectivity index (χ0v) is 8.34. The van der Waals surface area contributed by atoms with Gasteiger partial charge in [-0.25, -0.2) is 0 Å². The highest BCUT2D eigenvalue weighted by atomic mass is 19.4. The summed E-state index contributed by atoms with van der Waals surface area (Å²) in [6, 6.07) is 2.51. The van der Waals surface area contributed by atoms with E-state index in [-0.39, 0.29) is 5.69 Å². The van der Waals surface area contributed by atoms with Gasteiger partial charge in [-0.2, -0.15) is 13.2 Å². The van der Waals surface area contributed by atoms with Crippen LogP contribution in [0.25, 0.3) is 0 Å². The van der Waals surface area contributed by atoms with Crippen LogP contribution in [0.15, 0.2) is 23.1 Å². The quantitative estimate of drug-likeness (QED) is 0.840. The van der Waals surface area contributed by atoms with Gasteiger partial charge in [0.25, 0.3) is 5.56 Å². The summed E-state index contributed by atoms with van der Waals surface area (Å²) in [5, 5.41) is 1.53. The van der Waals surface area contributed by atoms with Gasteiger partial charge < -0.3 is 9.88 Å². The maximum atomic E-state index is 11.9. The third kappa shape index (κ3) is 2.62. The van der Waals surface area contributed by atoms with Crippen molar-refractivity contribution in [3.63, 3.8) is 0 Å². The second-order valence-electron chi connectivity index (χ2n) is 2.96. The van der Waals surface area contributed by atoms with E-state index in [2.05, 4.69) is 0 Å². The van der Waals surface area contributed by atoms with Crippen LogP contribution >= 0.6 is 0 Å². The van der Waals surface area contributed by atoms with Crippen molar-refractivity contribution in [3.05, 3.63) is 28.7 Å². The predicted molar refractivity (Wildman–Crippen MR) is 51.1 cm³/mol. The first-order valence-corrected chi connectivity index (χ1v) is 4.44. The molecule has 0 spiro atoms. The summed E-state index contributed by atoms with van der Waals surface area (Å²) in [6.07, 6.45) is -3.58. The maximum absolute atomic E-state index is 11.9. The van der Waals surface area contributed by atoms with Gasteiger partial charge in [0.05, 0.1) is 0 Å².